The molecule has 0 amide bonds. The number of hydrogen-bond donors (Lipinski definition) is 0. The van der Waals surface area contributed by atoms with Gasteiger partial charge in [-0.15, -0.1) is 0 Å². The third kappa shape index (κ3) is 0.916. The minimum Gasteiger partial charge on any atom is -0.476 e. The monoisotopic (exact) mass is 176 g/mol. The minimum absolute atomic E-state index is 0.622. The predicted octanol–water partition coefficient (Wildman–Crippen LogP) is 1.21. The second-order valence-electron chi connectivity index (χ2n) is 1.60. The number of rotatable bonds is 1. The number of hydrogen-bond acceptors (Lipinski definition) is 2. The molecule has 0 aromatic carbocycles. The molecule has 0 fully saturated rings. The van der Waals surface area contributed by atoms with Crippen molar-refractivity contribution in [2.75, 3.05) is 0 Å². The first-order valence-corrected chi connectivity index (χ1v) is 3.04. The van der Waals surface area contributed by atoms with Crippen LogP contribution in [0, 0.1) is 0 Å². The Morgan fingerprint density at radius 3 is 2.88 bits per heavy atom. The van der Waals surface area contributed by atoms with Gasteiger partial charge >= 0.3 is 0 Å². The van der Waals surface area contributed by atoms with Crippen LogP contribution in [0.15, 0.2) is 12.3 Å². The fourth-order valence-electron chi connectivity index (χ4n) is 0.494. The number of alkyl halides is 1. The van der Waals surface area contributed by atoms with Gasteiger partial charge in [-0.1, -0.05) is 0 Å². The van der Waals surface area contributed by atoms with Crippen molar-refractivity contribution in [3.05, 3.63) is 12.3 Å². The molecule has 0 aromatic heterocycles. The van der Waals surface area contributed by atoms with Crippen molar-refractivity contribution in [3.63, 3.8) is 0 Å². The summed E-state index contributed by atoms with van der Waals surface area (Å²) in [5, 5.41) is 0. The smallest absolute Gasteiger partial charge is 0.220 e. The fraction of sp³-hybridized carbons (Fsp3) is 0.400. The highest BCUT2D eigenvalue weighted by molar-refractivity contribution is 9.10. The van der Waals surface area contributed by atoms with Crippen LogP contribution in [0.25, 0.3) is 0 Å². The zero-order valence-electron chi connectivity index (χ0n) is 4.13. The second-order valence-corrected chi connectivity index (χ2v) is 2.94. The van der Waals surface area contributed by atoms with Crippen LogP contribution in [0.2, 0.25) is 0 Å². The Morgan fingerprint density at radius 2 is 2.62 bits per heavy atom. The van der Waals surface area contributed by atoms with Gasteiger partial charge in [0.05, 0.1) is 6.26 Å². The molecule has 0 aliphatic carbocycles. The maximum absolute atomic E-state index is 10.1. The molecule has 1 aliphatic rings. The van der Waals surface area contributed by atoms with E-state index in [9.17, 15) is 4.79 Å². The lowest BCUT2D eigenvalue weighted by molar-refractivity contribution is -0.115. The first-order chi connectivity index (χ1) is 3.77. The van der Waals surface area contributed by atoms with E-state index in [-0.39, 0.29) is 0 Å². The third-order valence-corrected chi connectivity index (χ3v) is 1.63. The molecule has 0 radical (unpaired) electrons. The molecule has 0 bridgehead atoms. The Balaban J connectivity index is 2.58. The molecule has 44 valence electrons. The zero-order valence-corrected chi connectivity index (χ0v) is 5.72. The van der Waals surface area contributed by atoms with Crippen LogP contribution in [-0.2, 0) is 9.53 Å². The van der Waals surface area contributed by atoms with Gasteiger partial charge in [0.15, 0.2) is 6.29 Å². The molecule has 2 nitrogen and oxygen atoms in total. The maximum atomic E-state index is 10.1. The van der Waals surface area contributed by atoms with E-state index in [0.717, 1.165) is 6.29 Å². The number of ether oxygens (including phenoxy) is 1. The first kappa shape index (κ1) is 5.82. The van der Waals surface area contributed by atoms with Gasteiger partial charge in [0, 0.05) is 6.42 Å². The topological polar surface area (TPSA) is 26.3 Å². The van der Waals surface area contributed by atoms with Crippen LogP contribution in [0.1, 0.15) is 6.42 Å². The fourth-order valence-corrected chi connectivity index (χ4v) is 0.789. The lowest BCUT2D eigenvalue weighted by Gasteiger charge is -2.11. The van der Waals surface area contributed by atoms with E-state index in [0.29, 0.717) is 6.42 Å². The van der Waals surface area contributed by atoms with E-state index in [4.69, 9.17) is 4.74 Å². The third-order valence-electron chi connectivity index (χ3n) is 0.932. The number of aldehydes is 1. The predicted molar refractivity (Wildman–Crippen MR) is 32.6 cm³/mol. The molecule has 1 aliphatic heterocycles. The van der Waals surface area contributed by atoms with Gasteiger partial charge < -0.3 is 4.74 Å². The SMILES string of the molecule is O=CC1(Br)CC=CO1. The summed E-state index contributed by atoms with van der Waals surface area (Å²) in [6.07, 6.45) is 4.68. The van der Waals surface area contributed by atoms with E-state index >= 15 is 0 Å². The zero-order chi connectivity index (χ0) is 6.04. The summed E-state index contributed by atoms with van der Waals surface area (Å²) < 4.78 is 4.11. The van der Waals surface area contributed by atoms with Gasteiger partial charge in [-0.3, -0.25) is 4.79 Å². The maximum Gasteiger partial charge on any atom is 0.220 e. The van der Waals surface area contributed by atoms with Crippen LogP contribution in [0.5, 0.6) is 0 Å². The summed E-state index contributed by atoms with van der Waals surface area (Å²) in [4.78, 5) is 10.1. The molecule has 1 atom stereocenters. The van der Waals surface area contributed by atoms with E-state index in [1.165, 1.54) is 6.26 Å². The van der Waals surface area contributed by atoms with Crippen molar-refractivity contribution >= 4 is 22.2 Å². The summed E-state index contributed by atoms with van der Waals surface area (Å²) in [7, 11) is 0. The molecule has 3 heteroatoms. The normalized spacial score (nSPS) is 34.6. The van der Waals surface area contributed by atoms with Crippen molar-refractivity contribution in [1.82, 2.24) is 0 Å². The van der Waals surface area contributed by atoms with Crippen LogP contribution in [-0.4, -0.2) is 10.8 Å². The molecule has 0 aromatic rings. The molecule has 0 saturated carbocycles. The lowest BCUT2D eigenvalue weighted by atomic mass is 10.3. The summed E-state index contributed by atoms with van der Waals surface area (Å²) in [6.45, 7) is 0. The van der Waals surface area contributed by atoms with Crippen LogP contribution >= 0.6 is 15.9 Å². The Kier molecular flexibility index (Phi) is 1.38. The van der Waals surface area contributed by atoms with E-state index in [1.807, 2.05) is 0 Å². The average Bonchev–Trinajstić information content (AvgIpc) is 2.17. The first-order valence-electron chi connectivity index (χ1n) is 2.25. The van der Waals surface area contributed by atoms with Crippen molar-refractivity contribution in [3.8, 4) is 0 Å². The Bertz CT molecular complexity index is 122. The summed E-state index contributed by atoms with van der Waals surface area (Å²) in [5.74, 6) is 0. The quantitative estimate of drug-likeness (QED) is 0.444. The standard InChI is InChI=1S/C5H5BrO2/c6-5(4-7)2-1-3-8-5/h1,3-4H,2H2. The Morgan fingerprint density at radius 1 is 1.88 bits per heavy atom. The molecular weight excluding hydrogens is 172 g/mol. The molecule has 0 spiro atoms. The molecular formula is C5H5BrO2. The largest absolute Gasteiger partial charge is 0.476 e. The van der Waals surface area contributed by atoms with Crippen molar-refractivity contribution in [2.45, 2.75) is 10.9 Å². The van der Waals surface area contributed by atoms with E-state index in [2.05, 4.69) is 15.9 Å². The molecule has 8 heavy (non-hydrogen) atoms. The van der Waals surface area contributed by atoms with Gasteiger partial charge in [-0.25, -0.2) is 0 Å². The average molecular weight is 177 g/mol. The van der Waals surface area contributed by atoms with Crippen molar-refractivity contribution in [2.24, 2.45) is 0 Å². The number of halogens is 1. The van der Waals surface area contributed by atoms with Gasteiger partial charge in [0.1, 0.15) is 0 Å². The van der Waals surface area contributed by atoms with Crippen LogP contribution in [0.4, 0.5) is 0 Å². The number of carbonyl (C=O) groups excluding carboxylic acids is 1. The van der Waals surface area contributed by atoms with E-state index in [1.54, 1.807) is 6.08 Å². The van der Waals surface area contributed by atoms with Gasteiger partial charge in [-0.05, 0) is 22.0 Å². The highest BCUT2D eigenvalue weighted by atomic mass is 79.9. The van der Waals surface area contributed by atoms with Crippen LogP contribution < -0.4 is 0 Å². The summed E-state index contributed by atoms with van der Waals surface area (Å²) in [5.41, 5.74) is 0. The lowest BCUT2D eigenvalue weighted by Crippen LogP contribution is -2.19. The van der Waals surface area contributed by atoms with Gasteiger partial charge in [0.25, 0.3) is 0 Å². The minimum atomic E-state index is -0.743. The Labute approximate surface area is 55.6 Å². The highest BCUT2D eigenvalue weighted by Crippen LogP contribution is 2.26. The molecule has 0 saturated heterocycles. The molecule has 1 rings (SSSR count). The van der Waals surface area contributed by atoms with Crippen molar-refractivity contribution < 1.29 is 9.53 Å². The van der Waals surface area contributed by atoms with Gasteiger partial charge in [0.2, 0.25) is 4.51 Å². The summed E-state index contributed by atoms with van der Waals surface area (Å²) in [6, 6.07) is 0. The molecule has 1 unspecified atom stereocenters. The van der Waals surface area contributed by atoms with E-state index < -0.39 is 4.51 Å². The number of carbonyl (C=O) groups is 1. The summed E-state index contributed by atoms with van der Waals surface area (Å²) >= 11 is 3.09. The van der Waals surface area contributed by atoms with Gasteiger partial charge in [-0.2, -0.15) is 0 Å². The Hall–Kier alpha value is -0.310. The molecule has 1 heterocycles. The highest BCUT2D eigenvalue weighted by Gasteiger charge is 2.28. The molecule has 0 N–H and O–H groups in total. The second kappa shape index (κ2) is 1.90. The van der Waals surface area contributed by atoms with Crippen molar-refractivity contribution in [1.29, 1.82) is 0 Å². The van der Waals surface area contributed by atoms with Crippen LogP contribution in [0.3, 0.4) is 0 Å².